The number of ether oxygens (including phenoxy) is 2. The lowest BCUT2D eigenvalue weighted by Crippen LogP contribution is -2.39. The molecule has 0 N–H and O–H groups in total. The van der Waals surface area contributed by atoms with E-state index in [0.717, 1.165) is 16.7 Å². The lowest BCUT2D eigenvalue weighted by Gasteiger charge is -2.24. The molecule has 0 unspecified atom stereocenters. The van der Waals surface area contributed by atoms with Crippen LogP contribution in [0.3, 0.4) is 0 Å². The number of aryl methyl sites for hydroxylation is 1. The van der Waals surface area contributed by atoms with Crippen molar-refractivity contribution in [3.63, 3.8) is 0 Å². The molecule has 31 heavy (non-hydrogen) atoms. The summed E-state index contributed by atoms with van der Waals surface area (Å²) in [6.07, 6.45) is 1.85. The molecule has 6 nitrogen and oxygen atoms in total. The summed E-state index contributed by atoms with van der Waals surface area (Å²) in [5.41, 5.74) is 3.55. The van der Waals surface area contributed by atoms with Crippen molar-refractivity contribution in [3.05, 3.63) is 96.2 Å². The van der Waals surface area contributed by atoms with Gasteiger partial charge < -0.3 is 9.47 Å². The molecule has 0 amide bonds. The predicted molar refractivity (Wildman–Crippen MR) is 120 cm³/mol. The van der Waals surface area contributed by atoms with E-state index in [1.807, 2.05) is 61.5 Å². The maximum Gasteiger partial charge on any atom is 0.338 e. The minimum absolute atomic E-state index is 0.195. The first-order chi connectivity index (χ1) is 14.9. The molecule has 2 heterocycles. The fraction of sp³-hybridized carbons (Fsp3) is 0.208. The van der Waals surface area contributed by atoms with Crippen molar-refractivity contribution in [1.29, 1.82) is 0 Å². The number of nitrogens with zero attached hydrogens (tertiary/aromatic N) is 2. The van der Waals surface area contributed by atoms with Crippen molar-refractivity contribution in [2.45, 2.75) is 19.9 Å². The van der Waals surface area contributed by atoms with Gasteiger partial charge in [0.25, 0.3) is 5.56 Å². The summed E-state index contributed by atoms with van der Waals surface area (Å²) < 4.78 is 12.4. The Balaban J connectivity index is 1.94. The number of rotatable bonds is 4. The molecular weight excluding hydrogens is 412 g/mol. The number of esters is 1. The van der Waals surface area contributed by atoms with Gasteiger partial charge in [0, 0.05) is 0 Å². The van der Waals surface area contributed by atoms with E-state index in [1.165, 1.54) is 18.4 Å². The van der Waals surface area contributed by atoms with Gasteiger partial charge in [-0.25, -0.2) is 9.79 Å². The third-order valence-electron chi connectivity index (χ3n) is 5.23. The van der Waals surface area contributed by atoms with Gasteiger partial charge in [-0.05, 0) is 43.2 Å². The third kappa shape index (κ3) is 3.84. The molecule has 0 aliphatic carbocycles. The lowest BCUT2D eigenvalue weighted by molar-refractivity contribution is -0.136. The molecule has 7 heteroatoms. The van der Waals surface area contributed by atoms with Gasteiger partial charge in [0.05, 0.1) is 36.1 Å². The van der Waals surface area contributed by atoms with Crippen LogP contribution in [0, 0.1) is 6.92 Å². The van der Waals surface area contributed by atoms with Crippen molar-refractivity contribution in [2.75, 3.05) is 14.2 Å². The molecule has 0 bridgehead atoms. The standard InChI is InChI=1S/C24H22N2O4S/c1-14-5-7-16(8-6-14)13-19-22(27)26-21(17-9-11-18(29-3)12-10-17)20(23(28)30-4)15(2)25-24(26)31-19/h5-13,21H,1-4H3/b19-13+/t21-/m1/s1. The van der Waals surface area contributed by atoms with E-state index in [2.05, 4.69) is 4.99 Å². The average molecular weight is 435 g/mol. The van der Waals surface area contributed by atoms with E-state index in [1.54, 1.807) is 18.6 Å². The van der Waals surface area contributed by atoms with Gasteiger partial charge in [-0.1, -0.05) is 53.3 Å². The van der Waals surface area contributed by atoms with Crippen LogP contribution in [0.4, 0.5) is 0 Å². The molecule has 2 aromatic carbocycles. The van der Waals surface area contributed by atoms with Gasteiger partial charge in [0.1, 0.15) is 5.75 Å². The molecular formula is C24H22N2O4S. The van der Waals surface area contributed by atoms with Gasteiger partial charge >= 0.3 is 5.97 Å². The molecule has 0 saturated carbocycles. The van der Waals surface area contributed by atoms with Crippen LogP contribution in [0.15, 0.2) is 69.6 Å². The Morgan fingerprint density at radius 2 is 1.74 bits per heavy atom. The highest BCUT2D eigenvalue weighted by atomic mass is 32.1. The number of allylic oxidation sites excluding steroid dienone is 1. The predicted octanol–water partition coefficient (Wildman–Crippen LogP) is 2.73. The Hall–Kier alpha value is -3.45. The first-order valence-corrected chi connectivity index (χ1v) is 10.6. The summed E-state index contributed by atoms with van der Waals surface area (Å²) in [6.45, 7) is 3.78. The van der Waals surface area contributed by atoms with Crippen LogP contribution >= 0.6 is 11.3 Å². The number of carbonyl (C=O) groups is 1. The van der Waals surface area contributed by atoms with E-state index in [4.69, 9.17) is 9.47 Å². The number of hydrogen-bond acceptors (Lipinski definition) is 6. The maximum absolute atomic E-state index is 13.4. The number of benzene rings is 2. The Kier molecular flexibility index (Phi) is 5.61. The van der Waals surface area contributed by atoms with Crippen LogP contribution in [0.25, 0.3) is 6.08 Å². The summed E-state index contributed by atoms with van der Waals surface area (Å²) in [6, 6.07) is 14.6. The summed E-state index contributed by atoms with van der Waals surface area (Å²) in [4.78, 5) is 31.2. The second kappa shape index (κ2) is 8.35. The van der Waals surface area contributed by atoms with Crippen LogP contribution in [0.2, 0.25) is 0 Å². The van der Waals surface area contributed by atoms with Crippen LogP contribution in [0.5, 0.6) is 5.75 Å². The zero-order valence-electron chi connectivity index (χ0n) is 17.7. The molecule has 0 radical (unpaired) electrons. The normalized spacial score (nSPS) is 16.0. The number of aromatic nitrogens is 1. The summed E-state index contributed by atoms with van der Waals surface area (Å²) >= 11 is 1.31. The molecule has 1 atom stereocenters. The SMILES string of the molecule is COC(=O)C1=C(C)N=c2s/c(=C/c3ccc(C)cc3)c(=O)n2[C@@H]1c1ccc(OC)cc1. The Morgan fingerprint density at radius 1 is 1.06 bits per heavy atom. The van der Waals surface area contributed by atoms with Crippen LogP contribution in [0.1, 0.15) is 29.7 Å². The molecule has 158 valence electrons. The van der Waals surface area contributed by atoms with Crippen LogP contribution in [-0.4, -0.2) is 24.8 Å². The highest BCUT2D eigenvalue weighted by Crippen LogP contribution is 2.31. The largest absolute Gasteiger partial charge is 0.497 e. The molecule has 0 saturated heterocycles. The highest BCUT2D eigenvalue weighted by molar-refractivity contribution is 7.07. The van der Waals surface area contributed by atoms with E-state index in [-0.39, 0.29) is 5.56 Å². The van der Waals surface area contributed by atoms with E-state index >= 15 is 0 Å². The summed E-state index contributed by atoms with van der Waals surface area (Å²) in [5, 5.41) is 0. The molecule has 1 aliphatic heterocycles. The summed E-state index contributed by atoms with van der Waals surface area (Å²) in [7, 11) is 2.92. The van der Waals surface area contributed by atoms with Gasteiger partial charge in [0.15, 0.2) is 4.80 Å². The molecule has 4 rings (SSSR count). The zero-order valence-corrected chi connectivity index (χ0v) is 18.5. The first kappa shape index (κ1) is 20.8. The lowest BCUT2D eigenvalue weighted by atomic mass is 9.96. The number of hydrogen-bond donors (Lipinski definition) is 0. The zero-order chi connectivity index (χ0) is 22.1. The number of fused-ring (bicyclic) bond motifs is 1. The minimum Gasteiger partial charge on any atom is -0.497 e. The number of thiazole rings is 1. The van der Waals surface area contributed by atoms with Crippen molar-refractivity contribution in [3.8, 4) is 5.75 Å². The molecule has 1 aliphatic rings. The minimum atomic E-state index is -0.630. The van der Waals surface area contributed by atoms with Crippen molar-refractivity contribution in [1.82, 2.24) is 4.57 Å². The molecule has 0 spiro atoms. The highest BCUT2D eigenvalue weighted by Gasteiger charge is 2.33. The molecule has 1 aromatic heterocycles. The van der Waals surface area contributed by atoms with Gasteiger partial charge in [-0.15, -0.1) is 0 Å². The Labute approximate surface area is 183 Å². The monoisotopic (exact) mass is 434 g/mol. The van der Waals surface area contributed by atoms with Crippen molar-refractivity contribution < 1.29 is 14.3 Å². The molecule has 0 fully saturated rings. The topological polar surface area (TPSA) is 69.9 Å². The average Bonchev–Trinajstić information content (AvgIpc) is 3.08. The second-order valence-corrected chi connectivity index (χ2v) is 8.27. The van der Waals surface area contributed by atoms with Gasteiger partial charge in [-0.2, -0.15) is 0 Å². The summed E-state index contributed by atoms with van der Waals surface area (Å²) in [5.74, 6) is 0.186. The maximum atomic E-state index is 13.4. The van der Waals surface area contributed by atoms with E-state index in [0.29, 0.717) is 26.4 Å². The van der Waals surface area contributed by atoms with E-state index in [9.17, 15) is 9.59 Å². The first-order valence-electron chi connectivity index (χ1n) is 9.74. The smallest absolute Gasteiger partial charge is 0.338 e. The van der Waals surface area contributed by atoms with Crippen molar-refractivity contribution >= 4 is 23.4 Å². The van der Waals surface area contributed by atoms with Gasteiger partial charge in [-0.3, -0.25) is 9.36 Å². The number of methoxy groups -OCH3 is 2. The van der Waals surface area contributed by atoms with Crippen LogP contribution < -0.4 is 19.6 Å². The van der Waals surface area contributed by atoms with Gasteiger partial charge in [0.2, 0.25) is 0 Å². The van der Waals surface area contributed by atoms with Crippen LogP contribution in [-0.2, 0) is 9.53 Å². The van der Waals surface area contributed by atoms with E-state index < -0.39 is 12.0 Å². The van der Waals surface area contributed by atoms with Crippen molar-refractivity contribution in [2.24, 2.45) is 4.99 Å². The third-order valence-corrected chi connectivity index (χ3v) is 6.22. The fourth-order valence-corrected chi connectivity index (χ4v) is 4.65. The fourth-order valence-electron chi connectivity index (χ4n) is 3.61. The molecule has 3 aromatic rings. The quantitative estimate of drug-likeness (QED) is 0.592. The Bertz CT molecular complexity index is 1350. The number of carbonyl (C=O) groups excluding carboxylic acids is 1. The Morgan fingerprint density at radius 3 is 2.35 bits per heavy atom. The second-order valence-electron chi connectivity index (χ2n) is 7.26.